The van der Waals surface area contributed by atoms with Gasteiger partial charge in [-0.15, -0.1) is 11.3 Å². The van der Waals surface area contributed by atoms with Gasteiger partial charge in [0, 0.05) is 35.2 Å². The number of rotatable bonds is 6. The minimum absolute atomic E-state index is 0.199. The molecule has 144 valence electrons. The van der Waals surface area contributed by atoms with Crippen molar-refractivity contribution in [3.63, 3.8) is 0 Å². The summed E-state index contributed by atoms with van der Waals surface area (Å²) in [5, 5.41) is 7.74. The van der Waals surface area contributed by atoms with E-state index in [0.717, 1.165) is 5.56 Å². The molecular weight excluding hydrogens is 378 g/mol. The first-order valence-electron chi connectivity index (χ1n) is 8.37. The molecule has 2 aromatic carbocycles. The number of thiazole rings is 1. The summed E-state index contributed by atoms with van der Waals surface area (Å²) in [5.74, 6) is 0.805. The van der Waals surface area contributed by atoms with E-state index < -0.39 is 0 Å². The van der Waals surface area contributed by atoms with Crippen molar-refractivity contribution in [3.8, 4) is 22.8 Å². The maximum atomic E-state index is 12.5. The van der Waals surface area contributed by atoms with E-state index in [2.05, 4.69) is 15.6 Å². The molecule has 3 rings (SSSR count). The van der Waals surface area contributed by atoms with Crippen molar-refractivity contribution in [3.05, 3.63) is 53.4 Å². The molecule has 7 nitrogen and oxygen atoms in total. The minimum atomic E-state index is -0.310. The van der Waals surface area contributed by atoms with Gasteiger partial charge in [0.1, 0.15) is 11.5 Å². The van der Waals surface area contributed by atoms with Crippen LogP contribution in [0.15, 0.2) is 47.8 Å². The molecule has 0 atom stereocenters. The Balaban J connectivity index is 1.78. The summed E-state index contributed by atoms with van der Waals surface area (Å²) in [4.78, 5) is 28.2. The molecule has 0 radical (unpaired) electrons. The molecule has 0 aliphatic rings. The van der Waals surface area contributed by atoms with Crippen molar-refractivity contribution in [2.45, 2.75) is 6.92 Å². The second-order valence-corrected chi connectivity index (χ2v) is 6.68. The van der Waals surface area contributed by atoms with Crippen molar-refractivity contribution in [2.24, 2.45) is 0 Å². The highest BCUT2D eigenvalue weighted by molar-refractivity contribution is 7.14. The Morgan fingerprint density at radius 2 is 1.86 bits per heavy atom. The molecule has 0 saturated heterocycles. The lowest BCUT2D eigenvalue weighted by Gasteiger charge is -2.08. The number of methoxy groups -OCH3 is 2. The summed E-state index contributed by atoms with van der Waals surface area (Å²) < 4.78 is 10.6. The number of ether oxygens (including phenoxy) is 2. The zero-order chi connectivity index (χ0) is 20.1. The van der Waals surface area contributed by atoms with Crippen LogP contribution in [-0.2, 0) is 4.79 Å². The number of aromatic nitrogens is 1. The van der Waals surface area contributed by atoms with Crippen LogP contribution in [0.1, 0.15) is 17.3 Å². The fourth-order valence-electron chi connectivity index (χ4n) is 2.58. The Morgan fingerprint density at radius 1 is 1.04 bits per heavy atom. The smallest absolute Gasteiger partial charge is 0.257 e. The van der Waals surface area contributed by atoms with Crippen molar-refractivity contribution in [2.75, 3.05) is 24.9 Å². The SMILES string of the molecule is COc1ccc(-c2csc(NC(=O)c3cccc(NC(C)=O)c3)n2)c(OC)c1. The van der Waals surface area contributed by atoms with E-state index in [1.54, 1.807) is 44.6 Å². The number of amides is 2. The van der Waals surface area contributed by atoms with Gasteiger partial charge in [0.15, 0.2) is 5.13 Å². The Kier molecular flexibility index (Phi) is 5.90. The lowest BCUT2D eigenvalue weighted by Crippen LogP contribution is -2.13. The fraction of sp³-hybridized carbons (Fsp3) is 0.150. The van der Waals surface area contributed by atoms with Crippen LogP contribution in [0.3, 0.4) is 0 Å². The van der Waals surface area contributed by atoms with Crippen molar-refractivity contribution >= 4 is 34.0 Å². The average molecular weight is 397 g/mol. The van der Waals surface area contributed by atoms with Crippen LogP contribution in [0.4, 0.5) is 10.8 Å². The Labute approximate surface area is 166 Å². The monoisotopic (exact) mass is 397 g/mol. The van der Waals surface area contributed by atoms with Gasteiger partial charge in [-0.2, -0.15) is 0 Å². The predicted octanol–water partition coefficient (Wildman–Crippen LogP) is 4.04. The van der Waals surface area contributed by atoms with Gasteiger partial charge in [-0.25, -0.2) is 4.98 Å². The largest absolute Gasteiger partial charge is 0.497 e. The number of hydrogen-bond acceptors (Lipinski definition) is 6. The van der Waals surface area contributed by atoms with Crippen molar-refractivity contribution in [1.82, 2.24) is 4.98 Å². The molecule has 0 spiro atoms. The number of benzene rings is 2. The molecule has 0 bridgehead atoms. The topological polar surface area (TPSA) is 89.6 Å². The molecule has 1 aromatic heterocycles. The fourth-order valence-corrected chi connectivity index (χ4v) is 3.28. The minimum Gasteiger partial charge on any atom is -0.497 e. The van der Waals surface area contributed by atoms with Gasteiger partial charge in [0.2, 0.25) is 5.91 Å². The third-order valence-corrected chi connectivity index (χ3v) is 4.61. The van der Waals surface area contributed by atoms with E-state index in [4.69, 9.17) is 9.47 Å². The molecule has 2 amide bonds. The van der Waals surface area contributed by atoms with Crippen molar-refractivity contribution < 1.29 is 19.1 Å². The third-order valence-electron chi connectivity index (χ3n) is 3.85. The summed E-state index contributed by atoms with van der Waals surface area (Å²) >= 11 is 1.31. The molecule has 8 heteroatoms. The number of nitrogens with one attached hydrogen (secondary N) is 2. The van der Waals surface area contributed by atoms with Gasteiger partial charge in [-0.3, -0.25) is 14.9 Å². The van der Waals surface area contributed by atoms with E-state index in [1.165, 1.54) is 18.3 Å². The summed E-state index contributed by atoms with van der Waals surface area (Å²) in [6.07, 6.45) is 0. The number of nitrogens with zero attached hydrogens (tertiary/aromatic N) is 1. The van der Waals surface area contributed by atoms with Crippen LogP contribution in [-0.4, -0.2) is 31.0 Å². The first-order chi connectivity index (χ1) is 13.5. The van der Waals surface area contributed by atoms with Crippen LogP contribution in [0.25, 0.3) is 11.3 Å². The molecule has 0 aliphatic carbocycles. The normalized spacial score (nSPS) is 10.2. The van der Waals surface area contributed by atoms with E-state index in [1.807, 2.05) is 17.5 Å². The van der Waals surface area contributed by atoms with Crippen LogP contribution in [0, 0.1) is 0 Å². The zero-order valence-corrected chi connectivity index (χ0v) is 16.4. The summed E-state index contributed by atoms with van der Waals surface area (Å²) in [6, 6.07) is 12.2. The average Bonchev–Trinajstić information content (AvgIpc) is 3.15. The van der Waals surface area contributed by atoms with Crippen LogP contribution < -0.4 is 20.1 Å². The molecular formula is C20H19N3O4S. The standard InChI is InChI=1S/C20H19N3O4S/c1-12(24)21-14-6-4-5-13(9-14)19(25)23-20-22-17(11-28-20)16-8-7-15(26-2)10-18(16)27-3/h4-11H,1-3H3,(H,21,24)(H,22,23,25). The van der Waals surface area contributed by atoms with Gasteiger partial charge in [0.05, 0.1) is 19.9 Å². The highest BCUT2D eigenvalue weighted by atomic mass is 32.1. The molecule has 0 fully saturated rings. The van der Waals surface area contributed by atoms with Crippen LogP contribution in [0.5, 0.6) is 11.5 Å². The summed E-state index contributed by atoms with van der Waals surface area (Å²) in [7, 11) is 3.17. The first kappa shape index (κ1) is 19.4. The first-order valence-corrected chi connectivity index (χ1v) is 9.25. The van der Waals surface area contributed by atoms with Gasteiger partial charge < -0.3 is 14.8 Å². The van der Waals surface area contributed by atoms with E-state index in [-0.39, 0.29) is 11.8 Å². The Bertz CT molecular complexity index is 1020. The van der Waals surface area contributed by atoms with Gasteiger partial charge in [-0.05, 0) is 30.3 Å². The molecule has 28 heavy (non-hydrogen) atoms. The lowest BCUT2D eigenvalue weighted by atomic mass is 10.1. The van der Waals surface area contributed by atoms with Gasteiger partial charge >= 0.3 is 0 Å². The number of anilines is 2. The molecule has 3 aromatic rings. The zero-order valence-electron chi connectivity index (χ0n) is 15.6. The van der Waals surface area contributed by atoms with E-state index in [9.17, 15) is 9.59 Å². The Hall–Kier alpha value is -3.39. The molecule has 0 aliphatic heterocycles. The number of carbonyl (C=O) groups is 2. The Morgan fingerprint density at radius 3 is 2.57 bits per heavy atom. The highest BCUT2D eigenvalue weighted by Gasteiger charge is 2.14. The second kappa shape index (κ2) is 8.53. The molecule has 0 unspecified atom stereocenters. The molecule has 0 saturated carbocycles. The maximum absolute atomic E-state index is 12.5. The summed E-state index contributed by atoms with van der Waals surface area (Å²) in [5.41, 5.74) is 2.47. The van der Waals surface area contributed by atoms with Crippen LogP contribution >= 0.6 is 11.3 Å². The van der Waals surface area contributed by atoms with Gasteiger partial charge in [0.25, 0.3) is 5.91 Å². The quantitative estimate of drug-likeness (QED) is 0.655. The summed E-state index contributed by atoms with van der Waals surface area (Å²) in [6.45, 7) is 1.41. The second-order valence-electron chi connectivity index (χ2n) is 5.82. The van der Waals surface area contributed by atoms with E-state index in [0.29, 0.717) is 33.6 Å². The highest BCUT2D eigenvalue weighted by Crippen LogP contribution is 2.34. The third kappa shape index (κ3) is 4.47. The molecule has 2 N–H and O–H groups in total. The lowest BCUT2D eigenvalue weighted by molar-refractivity contribution is -0.114. The maximum Gasteiger partial charge on any atom is 0.257 e. The number of carbonyl (C=O) groups excluding carboxylic acids is 2. The van der Waals surface area contributed by atoms with E-state index >= 15 is 0 Å². The van der Waals surface area contributed by atoms with Gasteiger partial charge in [-0.1, -0.05) is 6.07 Å². The van der Waals surface area contributed by atoms with Crippen LogP contribution in [0.2, 0.25) is 0 Å². The van der Waals surface area contributed by atoms with Crippen molar-refractivity contribution in [1.29, 1.82) is 0 Å². The number of hydrogen-bond donors (Lipinski definition) is 2. The molecule has 1 heterocycles. The predicted molar refractivity (Wildman–Crippen MR) is 109 cm³/mol.